The molecule has 0 atom stereocenters. The predicted molar refractivity (Wildman–Crippen MR) is 93.0 cm³/mol. The van der Waals surface area contributed by atoms with Gasteiger partial charge in [0.05, 0.1) is 3.79 Å². The zero-order chi connectivity index (χ0) is 18.2. The second-order valence-electron chi connectivity index (χ2n) is 5.38. The number of thiophene rings is 1. The Morgan fingerprint density at radius 3 is 2.28 bits per heavy atom. The Kier molecular flexibility index (Phi) is 5.24. The molecule has 0 saturated carbocycles. The molecule has 10 heteroatoms. The van der Waals surface area contributed by atoms with Gasteiger partial charge in [0.15, 0.2) is 11.6 Å². The molecule has 134 valence electrons. The van der Waals surface area contributed by atoms with Crippen molar-refractivity contribution in [3.8, 4) is 0 Å². The maximum absolute atomic E-state index is 13.3. The fourth-order valence-electron chi connectivity index (χ4n) is 2.51. The standard InChI is InChI=1S/C15H13BrF2N2O3S2/c16-13-3-4-14(24-13)25(22,23)20-7-5-19(6-8-20)15(21)10-1-2-11(17)12(18)9-10/h1-4,9H,5-8H2. The number of amides is 1. The van der Waals surface area contributed by atoms with Gasteiger partial charge in [-0.05, 0) is 46.3 Å². The van der Waals surface area contributed by atoms with Crippen molar-refractivity contribution in [3.63, 3.8) is 0 Å². The van der Waals surface area contributed by atoms with Crippen LogP contribution in [-0.4, -0.2) is 49.7 Å². The highest BCUT2D eigenvalue weighted by Crippen LogP contribution is 2.29. The molecule has 1 fully saturated rings. The van der Waals surface area contributed by atoms with Gasteiger partial charge in [0.2, 0.25) is 0 Å². The van der Waals surface area contributed by atoms with Crippen LogP contribution in [0.4, 0.5) is 8.78 Å². The topological polar surface area (TPSA) is 57.7 Å². The summed E-state index contributed by atoms with van der Waals surface area (Å²) in [5.74, 6) is -2.56. The first-order chi connectivity index (χ1) is 11.8. The highest BCUT2D eigenvalue weighted by molar-refractivity contribution is 9.11. The number of carbonyl (C=O) groups excluding carboxylic acids is 1. The fraction of sp³-hybridized carbons (Fsp3) is 0.267. The van der Waals surface area contributed by atoms with Crippen molar-refractivity contribution >= 4 is 43.2 Å². The van der Waals surface area contributed by atoms with Gasteiger partial charge in [-0.25, -0.2) is 17.2 Å². The Labute approximate surface area is 156 Å². The fourth-order valence-corrected chi connectivity index (χ4v) is 6.09. The lowest BCUT2D eigenvalue weighted by Crippen LogP contribution is -2.50. The number of benzene rings is 1. The third-order valence-corrected chi connectivity index (χ3v) is 7.82. The summed E-state index contributed by atoms with van der Waals surface area (Å²) in [7, 11) is -3.59. The second-order valence-corrected chi connectivity index (χ2v) is 10.0. The van der Waals surface area contributed by atoms with E-state index in [9.17, 15) is 22.0 Å². The Hall–Kier alpha value is -1.36. The van der Waals surface area contributed by atoms with Crippen molar-refractivity contribution in [1.82, 2.24) is 9.21 Å². The maximum atomic E-state index is 13.3. The number of sulfonamides is 1. The largest absolute Gasteiger partial charge is 0.336 e. The lowest BCUT2D eigenvalue weighted by molar-refractivity contribution is 0.0697. The van der Waals surface area contributed by atoms with E-state index in [4.69, 9.17) is 0 Å². The Morgan fingerprint density at radius 2 is 1.72 bits per heavy atom. The summed E-state index contributed by atoms with van der Waals surface area (Å²) in [4.78, 5) is 13.8. The molecule has 1 aromatic carbocycles. The minimum Gasteiger partial charge on any atom is -0.336 e. The Balaban J connectivity index is 1.69. The molecule has 2 aromatic rings. The highest BCUT2D eigenvalue weighted by atomic mass is 79.9. The van der Waals surface area contributed by atoms with Crippen LogP contribution in [-0.2, 0) is 10.0 Å². The van der Waals surface area contributed by atoms with Crippen LogP contribution in [0.25, 0.3) is 0 Å². The van der Waals surface area contributed by atoms with Crippen molar-refractivity contribution in [3.05, 3.63) is 51.3 Å². The molecule has 5 nitrogen and oxygen atoms in total. The number of nitrogens with zero attached hydrogens (tertiary/aromatic N) is 2. The monoisotopic (exact) mass is 450 g/mol. The summed E-state index contributed by atoms with van der Waals surface area (Å²) in [6, 6.07) is 6.16. The molecule has 1 amide bonds. The third-order valence-electron chi connectivity index (χ3n) is 3.84. The molecule has 0 radical (unpaired) electrons. The molecule has 0 aliphatic carbocycles. The molecule has 3 rings (SSSR count). The molecule has 1 saturated heterocycles. The van der Waals surface area contributed by atoms with E-state index in [0.29, 0.717) is 0 Å². The van der Waals surface area contributed by atoms with Crippen molar-refractivity contribution in [1.29, 1.82) is 0 Å². The smallest absolute Gasteiger partial charge is 0.254 e. The van der Waals surface area contributed by atoms with Crippen molar-refractivity contribution in [2.75, 3.05) is 26.2 Å². The summed E-state index contributed by atoms with van der Waals surface area (Å²) >= 11 is 4.36. The van der Waals surface area contributed by atoms with Gasteiger partial charge < -0.3 is 4.90 Å². The predicted octanol–water partition coefficient (Wildman–Crippen LogP) is 2.94. The van der Waals surface area contributed by atoms with Gasteiger partial charge >= 0.3 is 0 Å². The van der Waals surface area contributed by atoms with E-state index in [1.807, 2.05) is 0 Å². The summed E-state index contributed by atoms with van der Waals surface area (Å²) < 4.78 is 53.6. The van der Waals surface area contributed by atoms with E-state index in [-0.39, 0.29) is 36.0 Å². The third kappa shape index (κ3) is 3.76. The zero-order valence-electron chi connectivity index (χ0n) is 12.8. The molecule has 25 heavy (non-hydrogen) atoms. The summed E-state index contributed by atoms with van der Waals surface area (Å²) in [6.45, 7) is 0.660. The molecule has 1 aromatic heterocycles. The van der Waals surface area contributed by atoms with Crippen LogP contribution < -0.4 is 0 Å². The average molecular weight is 451 g/mol. The van der Waals surface area contributed by atoms with Crippen LogP contribution in [0.3, 0.4) is 0 Å². The molecule has 0 bridgehead atoms. The summed E-state index contributed by atoms with van der Waals surface area (Å²) in [5, 5.41) is 0. The molecule has 0 N–H and O–H groups in total. The van der Waals surface area contributed by atoms with Crippen molar-refractivity contribution < 1.29 is 22.0 Å². The molecular weight excluding hydrogens is 438 g/mol. The first-order valence-electron chi connectivity index (χ1n) is 7.29. The number of carbonyl (C=O) groups is 1. The quantitative estimate of drug-likeness (QED) is 0.722. The van der Waals surface area contributed by atoms with Gasteiger partial charge in [-0.3, -0.25) is 4.79 Å². The van der Waals surface area contributed by atoms with Crippen LogP contribution in [0.15, 0.2) is 38.3 Å². The average Bonchev–Trinajstić information content (AvgIpc) is 3.04. The SMILES string of the molecule is O=C(c1ccc(F)c(F)c1)N1CCN(S(=O)(=O)c2ccc(Br)s2)CC1. The highest BCUT2D eigenvalue weighted by Gasteiger charge is 2.31. The number of hydrogen-bond donors (Lipinski definition) is 0. The number of piperazine rings is 1. The van der Waals surface area contributed by atoms with Gasteiger partial charge in [0, 0.05) is 31.7 Å². The van der Waals surface area contributed by atoms with Gasteiger partial charge in [-0.15, -0.1) is 11.3 Å². The first kappa shape index (κ1) is 18.4. The summed E-state index contributed by atoms with van der Waals surface area (Å²) in [5.41, 5.74) is 0.0393. The van der Waals surface area contributed by atoms with Gasteiger partial charge in [-0.2, -0.15) is 4.31 Å². The normalized spacial score (nSPS) is 16.2. The van der Waals surface area contributed by atoms with Crippen LogP contribution in [0.5, 0.6) is 0 Å². The lowest BCUT2D eigenvalue weighted by atomic mass is 10.1. The minimum atomic E-state index is -3.59. The minimum absolute atomic E-state index is 0.0393. The summed E-state index contributed by atoms with van der Waals surface area (Å²) in [6.07, 6.45) is 0. The van der Waals surface area contributed by atoms with Gasteiger partial charge in [-0.1, -0.05) is 0 Å². The molecule has 1 aliphatic heterocycles. The molecule has 2 heterocycles. The number of halogens is 3. The molecule has 1 aliphatic rings. The molecule has 0 spiro atoms. The van der Waals surface area contributed by atoms with Crippen LogP contribution in [0.2, 0.25) is 0 Å². The Bertz CT molecular complexity index is 909. The van der Waals surface area contributed by atoms with Crippen LogP contribution >= 0.6 is 27.3 Å². The van der Waals surface area contributed by atoms with Crippen molar-refractivity contribution in [2.24, 2.45) is 0 Å². The van der Waals surface area contributed by atoms with Gasteiger partial charge in [0.1, 0.15) is 4.21 Å². The first-order valence-corrected chi connectivity index (χ1v) is 10.3. The number of rotatable bonds is 3. The van der Waals surface area contributed by atoms with Gasteiger partial charge in [0.25, 0.3) is 15.9 Å². The zero-order valence-corrected chi connectivity index (χ0v) is 16.0. The second kappa shape index (κ2) is 7.10. The van der Waals surface area contributed by atoms with E-state index in [0.717, 1.165) is 27.3 Å². The van der Waals surface area contributed by atoms with E-state index >= 15 is 0 Å². The van der Waals surface area contributed by atoms with E-state index in [1.165, 1.54) is 21.3 Å². The molecule has 0 unspecified atom stereocenters. The van der Waals surface area contributed by atoms with E-state index < -0.39 is 27.6 Å². The van der Waals surface area contributed by atoms with E-state index in [1.54, 1.807) is 6.07 Å². The Morgan fingerprint density at radius 1 is 1.04 bits per heavy atom. The maximum Gasteiger partial charge on any atom is 0.254 e. The van der Waals surface area contributed by atoms with Crippen LogP contribution in [0.1, 0.15) is 10.4 Å². The van der Waals surface area contributed by atoms with Crippen LogP contribution in [0, 0.1) is 11.6 Å². The van der Waals surface area contributed by atoms with Crippen molar-refractivity contribution in [2.45, 2.75) is 4.21 Å². The molecular formula is C15H13BrF2N2O3S2. The number of hydrogen-bond acceptors (Lipinski definition) is 4. The van der Waals surface area contributed by atoms with E-state index in [2.05, 4.69) is 15.9 Å². The lowest BCUT2D eigenvalue weighted by Gasteiger charge is -2.33.